The zero-order valence-electron chi connectivity index (χ0n) is 14.8. The summed E-state index contributed by atoms with van der Waals surface area (Å²) in [5.74, 6) is -0.970. The molecule has 0 N–H and O–H groups in total. The molecule has 0 radical (unpaired) electrons. The summed E-state index contributed by atoms with van der Waals surface area (Å²) in [5.41, 5.74) is -1.28. The molecule has 1 aromatic heterocycles. The molecule has 0 unspecified atom stereocenters. The van der Waals surface area contributed by atoms with Crippen molar-refractivity contribution in [1.82, 2.24) is 13.4 Å². The van der Waals surface area contributed by atoms with Crippen molar-refractivity contribution in [2.75, 3.05) is 12.8 Å². The first-order chi connectivity index (χ1) is 11.0. The Morgan fingerprint density at radius 3 is 2.38 bits per heavy atom. The van der Waals surface area contributed by atoms with Crippen molar-refractivity contribution < 1.29 is 14.3 Å². The second-order valence-electron chi connectivity index (χ2n) is 6.29. The third-order valence-electron chi connectivity index (χ3n) is 3.02. The summed E-state index contributed by atoms with van der Waals surface area (Å²) < 4.78 is 8.51. The van der Waals surface area contributed by atoms with Gasteiger partial charge in [-0.05, 0) is 27.7 Å². The predicted molar refractivity (Wildman–Crippen MR) is 91.8 cm³/mol. The van der Waals surface area contributed by atoms with Crippen molar-refractivity contribution in [3.05, 3.63) is 32.6 Å². The van der Waals surface area contributed by atoms with Crippen molar-refractivity contribution >= 4 is 23.8 Å². The van der Waals surface area contributed by atoms with E-state index in [0.717, 1.165) is 21.1 Å². The molecule has 1 heterocycles. The van der Waals surface area contributed by atoms with Gasteiger partial charge in [0, 0.05) is 25.1 Å². The summed E-state index contributed by atoms with van der Waals surface area (Å²) in [6.07, 6.45) is 2.99. The number of rotatable bonds is 5. The zero-order chi connectivity index (χ0) is 18.7. The quantitative estimate of drug-likeness (QED) is 0.556. The molecule has 0 atom stereocenters. The summed E-state index contributed by atoms with van der Waals surface area (Å²) in [4.78, 5) is 48.0. The van der Waals surface area contributed by atoms with Gasteiger partial charge in [0.1, 0.15) is 18.7 Å². The lowest BCUT2D eigenvalue weighted by molar-refractivity contribution is -0.156. The Morgan fingerprint density at radius 1 is 1.29 bits per heavy atom. The van der Waals surface area contributed by atoms with E-state index in [2.05, 4.69) is 0 Å². The maximum absolute atomic E-state index is 12.4. The summed E-state index contributed by atoms with van der Waals surface area (Å²) in [6, 6.07) is 0. The molecule has 1 aromatic rings. The maximum Gasteiger partial charge on any atom is 0.331 e. The first-order valence-electron chi connectivity index (χ1n) is 7.29. The highest BCUT2D eigenvalue weighted by Crippen LogP contribution is 2.11. The Morgan fingerprint density at radius 2 is 1.88 bits per heavy atom. The fourth-order valence-electron chi connectivity index (χ4n) is 1.97. The van der Waals surface area contributed by atoms with E-state index in [1.165, 1.54) is 17.5 Å². The molecule has 8 nitrogen and oxygen atoms in total. The van der Waals surface area contributed by atoms with Crippen LogP contribution in [0.1, 0.15) is 26.3 Å². The first-order valence-corrected chi connectivity index (χ1v) is 8.48. The molecule has 0 fully saturated rings. The Hall–Kier alpha value is -2.03. The minimum Gasteiger partial charge on any atom is -0.459 e. The Bertz CT molecular complexity index is 745. The molecule has 0 aliphatic carbocycles. The summed E-state index contributed by atoms with van der Waals surface area (Å²) in [5, 5.41) is 0. The average molecular weight is 357 g/mol. The number of nitrogens with zero attached hydrogens (tertiary/aromatic N) is 3. The number of hydrogen-bond acceptors (Lipinski definition) is 6. The van der Waals surface area contributed by atoms with E-state index in [1.807, 2.05) is 0 Å². The van der Waals surface area contributed by atoms with Crippen LogP contribution in [0.2, 0.25) is 0 Å². The highest BCUT2D eigenvalue weighted by atomic mass is 32.2. The molecule has 1 amide bonds. The normalized spacial score (nSPS) is 11.2. The van der Waals surface area contributed by atoms with Gasteiger partial charge in [0.25, 0.3) is 11.5 Å². The van der Waals surface area contributed by atoms with Crippen LogP contribution < -0.4 is 11.2 Å². The van der Waals surface area contributed by atoms with Crippen molar-refractivity contribution in [2.45, 2.75) is 39.8 Å². The second-order valence-corrected chi connectivity index (χ2v) is 7.09. The van der Waals surface area contributed by atoms with Crippen LogP contribution in [0.3, 0.4) is 0 Å². The molecule has 0 saturated heterocycles. The van der Waals surface area contributed by atoms with E-state index in [0.29, 0.717) is 5.56 Å². The second kappa shape index (κ2) is 7.69. The monoisotopic (exact) mass is 357 g/mol. The van der Waals surface area contributed by atoms with Crippen LogP contribution in [0.25, 0.3) is 0 Å². The van der Waals surface area contributed by atoms with Crippen molar-refractivity contribution in [3.63, 3.8) is 0 Å². The topological polar surface area (TPSA) is 90.6 Å². The fraction of sp³-hybridized carbons (Fsp3) is 0.600. The van der Waals surface area contributed by atoms with Gasteiger partial charge in [-0.1, -0.05) is 11.9 Å². The minimum atomic E-state index is -0.643. The molecule has 0 aliphatic heterocycles. The molecule has 1 rings (SSSR count). The van der Waals surface area contributed by atoms with E-state index in [-0.39, 0.29) is 13.1 Å². The number of esters is 1. The molecule has 0 spiro atoms. The van der Waals surface area contributed by atoms with Gasteiger partial charge >= 0.3 is 11.7 Å². The lowest BCUT2D eigenvalue weighted by Gasteiger charge is -2.23. The van der Waals surface area contributed by atoms with Crippen molar-refractivity contribution in [2.24, 2.45) is 7.05 Å². The minimum absolute atomic E-state index is 0.225. The molecule has 24 heavy (non-hydrogen) atoms. The SMILES string of the molecule is CSN(CC(=O)OC(C)(C)C)C(=O)Cn1cc(C)c(=O)n(C)c1=O. The maximum atomic E-state index is 12.4. The van der Waals surface area contributed by atoms with Crippen molar-refractivity contribution in [3.8, 4) is 0 Å². The molecule has 0 aliphatic rings. The van der Waals surface area contributed by atoms with Crippen LogP contribution >= 0.6 is 11.9 Å². The number of carbonyl (C=O) groups is 2. The van der Waals surface area contributed by atoms with Crippen LogP contribution in [-0.4, -0.2) is 43.7 Å². The fourth-order valence-corrected chi connectivity index (χ4v) is 2.47. The first kappa shape index (κ1) is 20.0. The lowest BCUT2D eigenvalue weighted by Crippen LogP contribution is -2.42. The summed E-state index contributed by atoms with van der Waals surface area (Å²) in [7, 11) is 1.35. The summed E-state index contributed by atoms with van der Waals surface area (Å²) in [6.45, 7) is 6.29. The van der Waals surface area contributed by atoms with Gasteiger partial charge in [-0.15, -0.1) is 0 Å². The molecular formula is C15H23N3O5S. The van der Waals surface area contributed by atoms with E-state index in [9.17, 15) is 19.2 Å². The Kier molecular flexibility index (Phi) is 6.42. The van der Waals surface area contributed by atoms with Crippen molar-refractivity contribution in [1.29, 1.82) is 0 Å². The predicted octanol–water partition coefficient (Wildman–Crippen LogP) is 0.304. The summed E-state index contributed by atoms with van der Waals surface area (Å²) >= 11 is 1.07. The molecule has 0 saturated carbocycles. The highest BCUT2D eigenvalue weighted by Gasteiger charge is 2.22. The Labute approximate surface area is 144 Å². The van der Waals surface area contributed by atoms with Gasteiger partial charge in [0.15, 0.2) is 0 Å². The molecule has 0 bridgehead atoms. The number of aryl methyl sites for hydroxylation is 1. The number of ether oxygens (including phenoxy) is 1. The van der Waals surface area contributed by atoms with Crippen LogP contribution in [0.5, 0.6) is 0 Å². The van der Waals surface area contributed by atoms with E-state index in [1.54, 1.807) is 34.0 Å². The van der Waals surface area contributed by atoms with Gasteiger partial charge < -0.3 is 4.74 Å². The van der Waals surface area contributed by atoms with E-state index in [4.69, 9.17) is 4.74 Å². The van der Waals surface area contributed by atoms with Gasteiger partial charge in [0.2, 0.25) is 0 Å². The largest absolute Gasteiger partial charge is 0.459 e. The van der Waals surface area contributed by atoms with Gasteiger partial charge in [-0.3, -0.25) is 27.8 Å². The van der Waals surface area contributed by atoms with Crippen LogP contribution in [0, 0.1) is 6.92 Å². The number of aromatic nitrogens is 2. The molecule has 134 valence electrons. The third kappa shape index (κ3) is 5.26. The third-order valence-corrected chi connectivity index (χ3v) is 3.79. The van der Waals surface area contributed by atoms with Gasteiger partial charge in [-0.2, -0.15) is 0 Å². The van der Waals surface area contributed by atoms with Crippen LogP contribution in [-0.2, 0) is 27.9 Å². The van der Waals surface area contributed by atoms with E-state index < -0.39 is 28.7 Å². The standard InChI is InChI=1S/C15H23N3O5S/c1-10-7-17(14(22)16(5)13(10)21)8-11(19)18(24-6)9-12(20)23-15(2,3)4/h7H,8-9H2,1-6H3. The smallest absolute Gasteiger partial charge is 0.331 e. The number of amides is 1. The number of carbonyl (C=O) groups excluding carboxylic acids is 2. The molecule has 0 aromatic carbocycles. The Balaban J connectivity index is 2.91. The van der Waals surface area contributed by atoms with Crippen LogP contribution in [0.15, 0.2) is 15.8 Å². The zero-order valence-corrected chi connectivity index (χ0v) is 15.6. The lowest BCUT2D eigenvalue weighted by atomic mass is 10.2. The van der Waals surface area contributed by atoms with Gasteiger partial charge in [-0.25, -0.2) is 4.79 Å². The average Bonchev–Trinajstić information content (AvgIpc) is 2.46. The van der Waals surface area contributed by atoms with E-state index >= 15 is 0 Å². The highest BCUT2D eigenvalue weighted by molar-refractivity contribution is 7.96. The number of hydrogen-bond donors (Lipinski definition) is 0. The molecule has 9 heteroatoms. The van der Waals surface area contributed by atoms with Gasteiger partial charge in [0.05, 0.1) is 0 Å². The van der Waals surface area contributed by atoms with Crippen LogP contribution in [0.4, 0.5) is 0 Å². The molecular weight excluding hydrogens is 334 g/mol.